The summed E-state index contributed by atoms with van der Waals surface area (Å²) in [5, 5.41) is 0. The Labute approximate surface area is 102 Å². The molecule has 0 aliphatic heterocycles. The van der Waals surface area contributed by atoms with Crippen LogP contribution < -0.4 is 0 Å². The van der Waals surface area contributed by atoms with Crippen LogP contribution in [0.2, 0.25) is 0 Å². The van der Waals surface area contributed by atoms with Crippen molar-refractivity contribution in [1.82, 2.24) is 0 Å². The molecule has 0 amide bonds. The zero-order chi connectivity index (χ0) is 11.8. The van der Waals surface area contributed by atoms with E-state index in [9.17, 15) is 0 Å². The molecule has 1 aromatic carbocycles. The Hall–Kier alpha value is -1.76. The van der Waals surface area contributed by atoms with Crippen LogP contribution in [0.1, 0.15) is 30.2 Å². The molecule has 1 nitrogen and oxygen atoms in total. The number of rotatable bonds is 2. The first kappa shape index (κ1) is 10.4. The average Bonchev–Trinajstić information content (AvgIpc) is 2.93. The van der Waals surface area contributed by atoms with Crippen molar-refractivity contribution in [2.45, 2.75) is 26.7 Å². The fourth-order valence-electron chi connectivity index (χ4n) is 2.46. The van der Waals surface area contributed by atoms with Gasteiger partial charge in [0.05, 0.1) is 0 Å². The largest absolute Gasteiger partial charge is 0.461 e. The van der Waals surface area contributed by atoms with Gasteiger partial charge < -0.3 is 4.42 Å². The van der Waals surface area contributed by atoms with Crippen LogP contribution >= 0.6 is 0 Å². The minimum atomic E-state index is 0.968. The predicted octanol–water partition coefficient (Wildman–Crippen LogP) is 4.60. The summed E-state index contributed by atoms with van der Waals surface area (Å²) in [6.07, 6.45) is 4.55. The van der Waals surface area contributed by atoms with Gasteiger partial charge in [-0.2, -0.15) is 0 Å². The van der Waals surface area contributed by atoms with Gasteiger partial charge >= 0.3 is 0 Å². The number of hydrogen-bond acceptors (Lipinski definition) is 1. The molecule has 0 saturated heterocycles. The molecular formula is C16H16O. The molecule has 0 atom stereocenters. The van der Waals surface area contributed by atoms with Gasteiger partial charge in [-0.25, -0.2) is 0 Å². The van der Waals surface area contributed by atoms with E-state index in [0.717, 1.165) is 24.4 Å². The van der Waals surface area contributed by atoms with E-state index in [1.165, 1.54) is 22.3 Å². The van der Waals surface area contributed by atoms with E-state index in [-0.39, 0.29) is 0 Å². The number of benzene rings is 1. The second-order valence-electron chi connectivity index (χ2n) is 4.62. The summed E-state index contributed by atoms with van der Waals surface area (Å²) < 4.78 is 5.73. The zero-order valence-corrected chi connectivity index (χ0v) is 10.3. The van der Waals surface area contributed by atoms with Gasteiger partial charge in [0, 0.05) is 5.56 Å². The van der Waals surface area contributed by atoms with Crippen molar-refractivity contribution in [2.75, 3.05) is 0 Å². The van der Waals surface area contributed by atoms with Gasteiger partial charge in [0.1, 0.15) is 11.5 Å². The van der Waals surface area contributed by atoms with E-state index in [0.29, 0.717) is 0 Å². The lowest BCUT2D eigenvalue weighted by Gasteiger charge is -2.04. The average molecular weight is 224 g/mol. The van der Waals surface area contributed by atoms with Crippen LogP contribution in [-0.2, 0) is 6.42 Å². The molecule has 0 bridgehead atoms. The van der Waals surface area contributed by atoms with Crippen LogP contribution in [0.5, 0.6) is 0 Å². The van der Waals surface area contributed by atoms with Gasteiger partial charge in [0.15, 0.2) is 0 Å². The van der Waals surface area contributed by atoms with Gasteiger partial charge in [-0.05, 0) is 43.0 Å². The topological polar surface area (TPSA) is 13.1 Å². The molecule has 0 fully saturated rings. The minimum Gasteiger partial charge on any atom is -0.461 e. The Bertz CT molecular complexity index is 587. The van der Waals surface area contributed by atoms with E-state index in [4.69, 9.17) is 4.42 Å². The van der Waals surface area contributed by atoms with Crippen molar-refractivity contribution in [3.63, 3.8) is 0 Å². The third-order valence-corrected chi connectivity index (χ3v) is 3.42. The molecule has 0 radical (unpaired) electrons. The lowest BCUT2D eigenvalue weighted by Crippen LogP contribution is -1.86. The lowest BCUT2D eigenvalue weighted by molar-refractivity contribution is 0.548. The maximum atomic E-state index is 5.73. The van der Waals surface area contributed by atoms with Gasteiger partial charge in [-0.15, -0.1) is 0 Å². The molecule has 2 aromatic rings. The fraction of sp³-hybridized carbons (Fsp3) is 0.250. The molecule has 1 aromatic heterocycles. The molecule has 0 N–H and O–H groups in total. The van der Waals surface area contributed by atoms with Crippen LogP contribution in [0, 0.1) is 6.92 Å². The fourth-order valence-corrected chi connectivity index (χ4v) is 2.46. The third-order valence-electron chi connectivity index (χ3n) is 3.42. The van der Waals surface area contributed by atoms with Gasteiger partial charge in [0.25, 0.3) is 0 Å². The van der Waals surface area contributed by atoms with Crippen LogP contribution in [-0.4, -0.2) is 0 Å². The van der Waals surface area contributed by atoms with E-state index < -0.39 is 0 Å². The number of hydrogen-bond donors (Lipinski definition) is 0. The molecule has 1 aliphatic rings. The summed E-state index contributed by atoms with van der Waals surface area (Å²) in [6, 6.07) is 10.6. The second kappa shape index (κ2) is 3.92. The van der Waals surface area contributed by atoms with Crippen LogP contribution in [0.4, 0.5) is 0 Å². The highest BCUT2D eigenvalue weighted by atomic mass is 16.3. The number of furan rings is 1. The first-order chi connectivity index (χ1) is 8.28. The third kappa shape index (κ3) is 1.72. The molecular weight excluding hydrogens is 208 g/mol. The summed E-state index contributed by atoms with van der Waals surface area (Å²) in [4.78, 5) is 0. The number of allylic oxidation sites excluding steroid dienone is 1. The Balaban J connectivity index is 2.14. The Morgan fingerprint density at radius 3 is 2.76 bits per heavy atom. The predicted molar refractivity (Wildman–Crippen MR) is 70.9 cm³/mol. The highest BCUT2D eigenvalue weighted by Gasteiger charge is 2.16. The zero-order valence-electron chi connectivity index (χ0n) is 10.3. The maximum absolute atomic E-state index is 5.73. The number of aryl methyl sites for hydroxylation is 1. The van der Waals surface area contributed by atoms with Crippen molar-refractivity contribution in [3.05, 3.63) is 52.8 Å². The number of fused-ring (bicyclic) bond motifs is 1. The molecule has 1 heterocycles. The summed E-state index contributed by atoms with van der Waals surface area (Å²) in [7, 11) is 0. The first-order valence-electron chi connectivity index (χ1n) is 6.16. The molecule has 0 saturated carbocycles. The summed E-state index contributed by atoms with van der Waals surface area (Å²) in [6.45, 7) is 4.20. The lowest BCUT2D eigenvalue weighted by atomic mass is 10.0. The minimum absolute atomic E-state index is 0.968. The van der Waals surface area contributed by atoms with Crippen molar-refractivity contribution in [3.8, 4) is 11.3 Å². The van der Waals surface area contributed by atoms with Gasteiger partial charge in [-0.3, -0.25) is 0 Å². The van der Waals surface area contributed by atoms with Gasteiger partial charge in [-0.1, -0.05) is 36.8 Å². The Kier molecular flexibility index (Phi) is 2.40. The van der Waals surface area contributed by atoms with Crippen molar-refractivity contribution < 1.29 is 4.42 Å². The summed E-state index contributed by atoms with van der Waals surface area (Å²) in [5.74, 6) is 1.95. The quantitative estimate of drug-likeness (QED) is 0.726. The van der Waals surface area contributed by atoms with E-state index in [2.05, 4.69) is 37.3 Å². The molecule has 17 heavy (non-hydrogen) atoms. The van der Waals surface area contributed by atoms with Gasteiger partial charge in [0.2, 0.25) is 0 Å². The first-order valence-corrected chi connectivity index (χ1v) is 6.16. The van der Waals surface area contributed by atoms with Crippen molar-refractivity contribution >= 4 is 6.08 Å². The molecule has 3 rings (SSSR count). The van der Waals surface area contributed by atoms with Crippen LogP contribution in [0.25, 0.3) is 17.4 Å². The van der Waals surface area contributed by atoms with Crippen LogP contribution in [0.15, 0.2) is 40.3 Å². The molecule has 86 valence electrons. The molecule has 0 unspecified atom stereocenters. The monoisotopic (exact) mass is 224 g/mol. The molecule has 1 aliphatic carbocycles. The highest BCUT2D eigenvalue weighted by Crippen LogP contribution is 2.35. The highest BCUT2D eigenvalue weighted by molar-refractivity contribution is 5.78. The maximum Gasteiger partial charge on any atom is 0.134 e. The van der Waals surface area contributed by atoms with E-state index in [1.54, 1.807) is 0 Å². The molecule has 1 heteroatoms. The SMILES string of the molecule is CCC1=Cc2c(cccc2-c2ccc(C)o2)C1. The van der Waals surface area contributed by atoms with Crippen molar-refractivity contribution in [2.24, 2.45) is 0 Å². The van der Waals surface area contributed by atoms with E-state index >= 15 is 0 Å². The Morgan fingerprint density at radius 1 is 1.18 bits per heavy atom. The summed E-state index contributed by atoms with van der Waals surface area (Å²) >= 11 is 0. The Morgan fingerprint density at radius 2 is 2.06 bits per heavy atom. The molecule has 0 spiro atoms. The summed E-state index contributed by atoms with van der Waals surface area (Å²) in [5.41, 5.74) is 5.50. The smallest absolute Gasteiger partial charge is 0.134 e. The second-order valence-corrected chi connectivity index (χ2v) is 4.62. The normalized spacial score (nSPS) is 13.6. The van der Waals surface area contributed by atoms with E-state index in [1.807, 2.05) is 13.0 Å². The van der Waals surface area contributed by atoms with Crippen LogP contribution in [0.3, 0.4) is 0 Å². The standard InChI is InChI=1S/C16H16O/c1-3-12-9-13-5-4-6-14(15(13)10-12)16-8-7-11(2)17-16/h4-8,10H,3,9H2,1-2H3. The van der Waals surface area contributed by atoms with Crippen molar-refractivity contribution in [1.29, 1.82) is 0 Å².